The van der Waals surface area contributed by atoms with Crippen molar-refractivity contribution in [2.75, 3.05) is 32.8 Å². The lowest BCUT2D eigenvalue weighted by Gasteiger charge is -2.32. The molecule has 0 aromatic rings. The molecule has 2 aliphatic rings. The molecule has 2 aliphatic heterocycles. The van der Waals surface area contributed by atoms with Crippen LogP contribution in [0.5, 0.6) is 0 Å². The van der Waals surface area contributed by atoms with Gasteiger partial charge in [0.05, 0.1) is 19.2 Å². The highest BCUT2D eigenvalue weighted by Crippen LogP contribution is 2.10. The van der Waals surface area contributed by atoms with E-state index in [9.17, 15) is 14.4 Å². The Bertz CT molecular complexity index is 395. The monoisotopic (exact) mass is 285 g/mol. The van der Waals surface area contributed by atoms with Gasteiger partial charge in [-0.25, -0.2) is 0 Å². The number of piperazine rings is 1. The molecule has 2 unspecified atom stereocenters. The summed E-state index contributed by atoms with van der Waals surface area (Å²) in [5, 5.41) is 14.3. The van der Waals surface area contributed by atoms with Gasteiger partial charge in [0.1, 0.15) is 6.04 Å². The maximum absolute atomic E-state index is 11.8. The third-order valence-corrected chi connectivity index (χ3v) is 3.46. The number of rotatable bonds is 5. The number of carbonyl (C=O) groups excluding carboxylic acids is 2. The molecule has 2 heterocycles. The van der Waals surface area contributed by atoms with E-state index in [1.165, 1.54) is 4.90 Å². The van der Waals surface area contributed by atoms with Crippen molar-refractivity contribution >= 4 is 17.8 Å². The van der Waals surface area contributed by atoms with E-state index in [0.717, 1.165) is 12.8 Å². The molecule has 0 aromatic carbocycles. The number of amides is 2. The van der Waals surface area contributed by atoms with Crippen LogP contribution in [0.3, 0.4) is 0 Å². The van der Waals surface area contributed by atoms with Crippen LogP contribution in [0.1, 0.15) is 12.8 Å². The molecule has 0 aromatic heterocycles. The average molecular weight is 285 g/mol. The predicted molar refractivity (Wildman–Crippen MR) is 68.0 cm³/mol. The minimum Gasteiger partial charge on any atom is -0.480 e. The Balaban J connectivity index is 1.80. The van der Waals surface area contributed by atoms with Gasteiger partial charge in [-0.1, -0.05) is 0 Å². The van der Waals surface area contributed by atoms with Gasteiger partial charge in [-0.3, -0.25) is 19.3 Å². The first-order valence-electron chi connectivity index (χ1n) is 6.68. The molecule has 8 nitrogen and oxygen atoms in total. The molecular formula is C12H19N3O5. The van der Waals surface area contributed by atoms with Crippen LogP contribution in [0.15, 0.2) is 0 Å². The Morgan fingerprint density at radius 2 is 2.30 bits per heavy atom. The van der Waals surface area contributed by atoms with Crippen molar-refractivity contribution in [3.05, 3.63) is 0 Å². The van der Waals surface area contributed by atoms with E-state index in [1.54, 1.807) is 0 Å². The summed E-state index contributed by atoms with van der Waals surface area (Å²) in [6.45, 7) is 0.985. The Kier molecular flexibility index (Phi) is 4.91. The third-order valence-electron chi connectivity index (χ3n) is 3.46. The van der Waals surface area contributed by atoms with E-state index in [1.807, 2.05) is 0 Å². The first-order chi connectivity index (χ1) is 9.56. The van der Waals surface area contributed by atoms with E-state index in [4.69, 9.17) is 9.84 Å². The molecule has 20 heavy (non-hydrogen) atoms. The molecule has 0 aliphatic carbocycles. The number of aliphatic carboxylic acids is 1. The van der Waals surface area contributed by atoms with Crippen LogP contribution >= 0.6 is 0 Å². The van der Waals surface area contributed by atoms with Crippen molar-refractivity contribution in [1.29, 1.82) is 0 Å². The number of hydrogen-bond acceptors (Lipinski definition) is 5. The summed E-state index contributed by atoms with van der Waals surface area (Å²) in [6, 6.07) is -0.860. The molecule has 2 fully saturated rings. The highest BCUT2D eigenvalue weighted by atomic mass is 16.5. The second-order valence-corrected chi connectivity index (χ2v) is 5.00. The Morgan fingerprint density at radius 3 is 2.95 bits per heavy atom. The van der Waals surface area contributed by atoms with Crippen LogP contribution < -0.4 is 10.6 Å². The van der Waals surface area contributed by atoms with E-state index < -0.39 is 12.0 Å². The lowest BCUT2D eigenvalue weighted by molar-refractivity contribution is -0.146. The zero-order valence-corrected chi connectivity index (χ0v) is 11.1. The van der Waals surface area contributed by atoms with Gasteiger partial charge in [0.25, 0.3) is 0 Å². The number of nitrogens with zero attached hydrogens (tertiary/aromatic N) is 1. The Hall–Kier alpha value is -1.67. The zero-order valence-electron chi connectivity index (χ0n) is 11.1. The molecule has 2 saturated heterocycles. The number of carboxylic acids is 1. The Labute approximate surface area is 116 Å². The fourth-order valence-corrected chi connectivity index (χ4v) is 2.37. The molecule has 0 spiro atoms. The van der Waals surface area contributed by atoms with Gasteiger partial charge in [-0.05, 0) is 12.8 Å². The van der Waals surface area contributed by atoms with Gasteiger partial charge < -0.3 is 20.5 Å². The second kappa shape index (κ2) is 6.67. The van der Waals surface area contributed by atoms with Crippen LogP contribution in [0, 0.1) is 0 Å². The lowest BCUT2D eigenvalue weighted by Crippen LogP contribution is -2.59. The standard InChI is InChI=1S/C12H19N3O5/c16-10(13-4-8-2-1-3-20-8)6-15-7-11(17)14-5-9(15)12(18)19/h8-9H,1-7H2,(H,13,16)(H,14,17)(H,18,19). The van der Waals surface area contributed by atoms with Crippen molar-refractivity contribution in [2.45, 2.75) is 25.0 Å². The van der Waals surface area contributed by atoms with Crippen LogP contribution in [0.4, 0.5) is 0 Å². The SMILES string of the molecule is O=C(CN1CC(=O)NCC1C(=O)O)NCC1CCCO1. The van der Waals surface area contributed by atoms with Gasteiger partial charge >= 0.3 is 5.97 Å². The first-order valence-corrected chi connectivity index (χ1v) is 6.68. The molecule has 112 valence electrons. The van der Waals surface area contributed by atoms with Crippen LogP contribution in [0.2, 0.25) is 0 Å². The van der Waals surface area contributed by atoms with Gasteiger partial charge in [0.15, 0.2) is 0 Å². The summed E-state index contributed by atoms with van der Waals surface area (Å²) in [4.78, 5) is 35.5. The fourth-order valence-electron chi connectivity index (χ4n) is 2.37. The normalized spacial score (nSPS) is 27.1. The summed E-state index contributed by atoms with van der Waals surface area (Å²) in [7, 11) is 0. The van der Waals surface area contributed by atoms with Gasteiger partial charge in [0, 0.05) is 19.7 Å². The number of nitrogens with one attached hydrogen (secondary N) is 2. The summed E-state index contributed by atoms with van der Waals surface area (Å²) in [6.07, 6.45) is 1.96. The van der Waals surface area contributed by atoms with E-state index >= 15 is 0 Å². The van der Waals surface area contributed by atoms with Crippen LogP contribution in [0.25, 0.3) is 0 Å². The minimum absolute atomic E-state index is 0.0210. The van der Waals surface area contributed by atoms with E-state index in [0.29, 0.717) is 13.2 Å². The van der Waals surface area contributed by atoms with Crippen molar-refractivity contribution in [3.8, 4) is 0 Å². The molecule has 0 saturated carbocycles. The maximum Gasteiger partial charge on any atom is 0.322 e. The van der Waals surface area contributed by atoms with Gasteiger partial charge in [-0.2, -0.15) is 0 Å². The predicted octanol–water partition coefficient (Wildman–Crippen LogP) is -1.83. The molecule has 8 heteroatoms. The quantitative estimate of drug-likeness (QED) is 0.548. The van der Waals surface area contributed by atoms with Crippen molar-refractivity contribution in [3.63, 3.8) is 0 Å². The number of ether oxygens (including phenoxy) is 1. The van der Waals surface area contributed by atoms with E-state index in [-0.39, 0.29) is 37.6 Å². The van der Waals surface area contributed by atoms with Crippen molar-refractivity contribution in [2.24, 2.45) is 0 Å². The summed E-state index contributed by atoms with van der Waals surface area (Å²) in [5.74, 6) is -1.60. The fraction of sp³-hybridized carbons (Fsp3) is 0.750. The Morgan fingerprint density at radius 1 is 1.50 bits per heavy atom. The number of carboxylic acid groups (broad SMARTS) is 1. The highest BCUT2D eigenvalue weighted by Gasteiger charge is 2.33. The molecule has 0 radical (unpaired) electrons. The van der Waals surface area contributed by atoms with Crippen molar-refractivity contribution < 1.29 is 24.2 Å². The molecule has 2 atom stereocenters. The van der Waals surface area contributed by atoms with Gasteiger partial charge in [0.2, 0.25) is 11.8 Å². The topological polar surface area (TPSA) is 108 Å². The van der Waals surface area contributed by atoms with E-state index in [2.05, 4.69) is 10.6 Å². The largest absolute Gasteiger partial charge is 0.480 e. The van der Waals surface area contributed by atoms with Crippen molar-refractivity contribution in [1.82, 2.24) is 15.5 Å². The summed E-state index contributed by atoms with van der Waals surface area (Å²) >= 11 is 0. The second-order valence-electron chi connectivity index (χ2n) is 5.00. The zero-order chi connectivity index (χ0) is 14.5. The average Bonchev–Trinajstić information content (AvgIpc) is 2.89. The maximum atomic E-state index is 11.8. The molecule has 2 rings (SSSR count). The number of hydrogen-bond donors (Lipinski definition) is 3. The molecule has 2 amide bonds. The smallest absolute Gasteiger partial charge is 0.322 e. The van der Waals surface area contributed by atoms with Gasteiger partial charge in [-0.15, -0.1) is 0 Å². The summed E-state index contributed by atoms with van der Waals surface area (Å²) < 4.78 is 5.38. The highest BCUT2D eigenvalue weighted by molar-refractivity contribution is 5.85. The first kappa shape index (κ1) is 14.7. The molecular weight excluding hydrogens is 266 g/mol. The summed E-state index contributed by atoms with van der Waals surface area (Å²) in [5.41, 5.74) is 0. The third kappa shape index (κ3) is 3.91. The van der Waals surface area contributed by atoms with Crippen LogP contribution in [-0.2, 0) is 19.1 Å². The number of carbonyl (C=O) groups is 3. The minimum atomic E-state index is -1.04. The lowest BCUT2D eigenvalue weighted by atomic mass is 10.2. The molecule has 3 N–H and O–H groups in total. The molecule has 0 bridgehead atoms. The van der Waals surface area contributed by atoms with Crippen LogP contribution in [-0.4, -0.2) is 72.7 Å².